The Balaban J connectivity index is 1.85. The van der Waals surface area contributed by atoms with E-state index in [2.05, 4.69) is 21.2 Å². The molecule has 3 rings (SSSR count). The van der Waals surface area contributed by atoms with Crippen LogP contribution < -0.4 is 5.32 Å². The summed E-state index contributed by atoms with van der Waals surface area (Å²) in [6, 6.07) is 14.2. The number of esters is 1. The van der Waals surface area contributed by atoms with Gasteiger partial charge in [-0.2, -0.15) is 4.31 Å². The summed E-state index contributed by atoms with van der Waals surface area (Å²) in [5.74, 6) is -1.29. The fourth-order valence-corrected chi connectivity index (χ4v) is 5.35. The second-order valence-electron chi connectivity index (χ2n) is 6.68. The smallest absolute Gasteiger partial charge is 0.354 e. The average molecular weight is 493 g/mol. The molecule has 2 aromatic carbocycles. The van der Waals surface area contributed by atoms with E-state index < -0.39 is 27.9 Å². The molecule has 1 amide bonds. The molecular formula is C21H21BrN2O5S. The van der Waals surface area contributed by atoms with Crippen LogP contribution in [0.15, 0.2) is 69.7 Å². The van der Waals surface area contributed by atoms with Gasteiger partial charge in [0, 0.05) is 11.0 Å². The van der Waals surface area contributed by atoms with Gasteiger partial charge in [0.15, 0.2) is 0 Å². The average Bonchev–Trinajstić information content (AvgIpc) is 3.24. The lowest BCUT2D eigenvalue weighted by molar-refractivity contribution is -0.138. The Hall–Kier alpha value is -2.49. The van der Waals surface area contributed by atoms with Crippen LogP contribution in [-0.4, -0.2) is 44.3 Å². The van der Waals surface area contributed by atoms with Crippen molar-refractivity contribution in [3.63, 3.8) is 0 Å². The number of hydrogen-bond donors (Lipinski definition) is 1. The molecule has 1 aliphatic rings. The number of sulfonamides is 1. The molecule has 7 nitrogen and oxygen atoms in total. The number of nitrogens with one attached hydrogen (secondary N) is 1. The van der Waals surface area contributed by atoms with Crippen molar-refractivity contribution < 1.29 is 22.7 Å². The summed E-state index contributed by atoms with van der Waals surface area (Å²) >= 11 is 3.36. The van der Waals surface area contributed by atoms with E-state index >= 15 is 0 Å². The van der Waals surface area contributed by atoms with Crippen molar-refractivity contribution in [3.8, 4) is 0 Å². The van der Waals surface area contributed by atoms with Gasteiger partial charge in [0.05, 0.1) is 12.0 Å². The minimum Gasteiger partial charge on any atom is -0.464 e. The molecule has 1 N–H and O–H groups in total. The fourth-order valence-electron chi connectivity index (χ4n) is 3.25. The standard InChI is InChI=1S/C21H21BrN2O5S/c1-29-21(26)18(14-15-7-5-8-16(22)13-15)23-20(25)19-11-6-12-24(19)30(27,28)17-9-3-2-4-10-17/h2-5,7-10,13-14,19H,6,11-12H2,1H3,(H,23,25)/b18-14-/t19-/m0/s1. The van der Waals surface area contributed by atoms with Gasteiger partial charge in [-0.3, -0.25) is 4.79 Å². The van der Waals surface area contributed by atoms with Gasteiger partial charge in [-0.15, -0.1) is 0 Å². The van der Waals surface area contributed by atoms with Crippen LogP contribution >= 0.6 is 15.9 Å². The topological polar surface area (TPSA) is 92.8 Å². The van der Waals surface area contributed by atoms with Gasteiger partial charge in [0.1, 0.15) is 11.7 Å². The molecule has 1 atom stereocenters. The van der Waals surface area contributed by atoms with Crippen LogP contribution in [0.4, 0.5) is 0 Å². The van der Waals surface area contributed by atoms with E-state index in [9.17, 15) is 18.0 Å². The van der Waals surface area contributed by atoms with Crippen LogP contribution in [-0.2, 0) is 24.3 Å². The first-order valence-electron chi connectivity index (χ1n) is 9.26. The highest BCUT2D eigenvalue weighted by Crippen LogP contribution is 2.26. The number of rotatable bonds is 6. The maximum atomic E-state index is 13.0. The van der Waals surface area contributed by atoms with E-state index in [1.807, 2.05) is 6.07 Å². The van der Waals surface area contributed by atoms with Crippen LogP contribution in [0, 0.1) is 0 Å². The van der Waals surface area contributed by atoms with Crippen molar-refractivity contribution in [3.05, 3.63) is 70.3 Å². The zero-order chi connectivity index (χ0) is 21.7. The molecule has 158 valence electrons. The Labute approximate surface area is 183 Å². The molecule has 0 unspecified atom stereocenters. The van der Waals surface area contributed by atoms with E-state index in [1.165, 1.54) is 29.6 Å². The van der Waals surface area contributed by atoms with Gasteiger partial charge in [0.2, 0.25) is 15.9 Å². The lowest BCUT2D eigenvalue weighted by Crippen LogP contribution is -2.46. The van der Waals surface area contributed by atoms with E-state index in [0.29, 0.717) is 18.4 Å². The summed E-state index contributed by atoms with van der Waals surface area (Å²) in [5.41, 5.74) is 0.606. The number of halogens is 1. The van der Waals surface area contributed by atoms with E-state index in [4.69, 9.17) is 4.74 Å². The highest BCUT2D eigenvalue weighted by Gasteiger charge is 2.39. The lowest BCUT2D eigenvalue weighted by atomic mass is 10.1. The lowest BCUT2D eigenvalue weighted by Gasteiger charge is -2.23. The number of benzene rings is 2. The first-order valence-corrected chi connectivity index (χ1v) is 11.5. The third-order valence-electron chi connectivity index (χ3n) is 4.68. The summed E-state index contributed by atoms with van der Waals surface area (Å²) in [6.45, 7) is 0.234. The molecule has 1 aliphatic heterocycles. The molecular weight excluding hydrogens is 472 g/mol. The third kappa shape index (κ3) is 4.97. The summed E-state index contributed by atoms with van der Waals surface area (Å²) in [4.78, 5) is 25.3. The molecule has 0 aliphatic carbocycles. The van der Waals surface area contributed by atoms with Crippen LogP contribution in [0.1, 0.15) is 18.4 Å². The number of carbonyl (C=O) groups is 2. The van der Waals surface area contributed by atoms with Crippen molar-refractivity contribution in [1.29, 1.82) is 0 Å². The van der Waals surface area contributed by atoms with Crippen molar-refractivity contribution in [1.82, 2.24) is 9.62 Å². The maximum absolute atomic E-state index is 13.0. The van der Waals surface area contributed by atoms with Crippen molar-refractivity contribution in [2.45, 2.75) is 23.8 Å². The zero-order valence-corrected chi connectivity index (χ0v) is 18.6. The fraction of sp³-hybridized carbons (Fsp3) is 0.238. The van der Waals surface area contributed by atoms with Gasteiger partial charge < -0.3 is 10.1 Å². The molecule has 0 spiro atoms. The monoisotopic (exact) mass is 492 g/mol. The summed E-state index contributed by atoms with van der Waals surface area (Å²) in [6.07, 6.45) is 2.40. The molecule has 30 heavy (non-hydrogen) atoms. The van der Waals surface area contributed by atoms with Gasteiger partial charge >= 0.3 is 5.97 Å². The Morgan fingerprint density at radius 2 is 1.90 bits per heavy atom. The van der Waals surface area contributed by atoms with E-state index in [1.54, 1.807) is 36.4 Å². The van der Waals surface area contributed by atoms with Gasteiger partial charge in [-0.25, -0.2) is 13.2 Å². The Morgan fingerprint density at radius 1 is 1.17 bits per heavy atom. The molecule has 1 heterocycles. The molecule has 2 aromatic rings. The predicted molar refractivity (Wildman–Crippen MR) is 116 cm³/mol. The number of methoxy groups -OCH3 is 1. The summed E-state index contributed by atoms with van der Waals surface area (Å²) in [5, 5.41) is 2.56. The van der Waals surface area contributed by atoms with Crippen LogP contribution in [0.5, 0.6) is 0 Å². The first-order chi connectivity index (χ1) is 14.3. The molecule has 0 bridgehead atoms. The SMILES string of the molecule is COC(=O)/C(=C/c1cccc(Br)c1)NC(=O)[C@@H]1CCCN1S(=O)(=O)c1ccccc1. The molecule has 1 saturated heterocycles. The molecule has 0 aromatic heterocycles. The van der Waals surface area contributed by atoms with E-state index in [0.717, 1.165) is 4.47 Å². The van der Waals surface area contributed by atoms with E-state index in [-0.39, 0.29) is 17.1 Å². The number of hydrogen-bond acceptors (Lipinski definition) is 5. The van der Waals surface area contributed by atoms with Crippen molar-refractivity contribution in [2.24, 2.45) is 0 Å². The van der Waals surface area contributed by atoms with Crippen molar-refractivity contribution in [2.75, 3.05) is 13.7 Å². The van der Waals surface area contributed by atoms with Gasteiger partial charge in [-0.1, -0.05) is 46.3 Å². The Kier molecular flexibility index (Phi) is 7.06. The van der Waals surface area contributed by atoms with Crippen LogP contribution in [0.3, 0.4) is 0 Å². The first kappa shape index (κ1) is 22.2. The normalized spacial score (nSPS) is 17.5. The number of carbonyl (C=O) groups excluding carboxylic acids is 2. The van der Waals surface area contributed by atoms with Gasteiger partial charge in [-0.05, 0) is 48.7 Å². The summed E-state index contributed by atoms with van der Waals surface area (Å²) in [7, 11) is -2.62. The molecule has 9 heteroatoms. The minimum atomic E-state index is -3.83. The summed E-state index contributed by atoms with van der Waals surface area (Å²) < 4.78 is 32.7. The van der Waals surface area contributed by atoms with Crippen LogP contribution in [0.2, 0.25) is 0 Å². The second kappa shape index (κ2) is 9.55. The number of amides is 1. The second-order valence-corrected chi connectivity index (χ2v) is 9.49. The number of ether oxygens (including phenoxy) is 1. The predicted octanol–water partition coefficient (Wildman–Crippen LogP) is 2.93. The Morgan fingerprint density at radius 3 is 2.57 bits per heavy atom. The number of nitrogens with zero attached hydrogens (tertiary/aromatic N) is 1. The van der Waals surface area contributed by atoms with Gasteiger partial charge in [0.25, 0.3) is 0 Å². The highest BCUT2D eigenvalue weighted by atomic mass is 79.9. The largest absolute Gasteiger partial charge is 0.464 e. The highest BCUT2D eigenvalue weighted by molar-refractivity contribution is 9.10. The molecule has 1 fully saturated rings. The zero-order valence-electron chi connectivity index (χ0n) is 16.2. The minimum absolute atomic E-state index is 0.0652. The molecule has 0 saturated carbocycles. The quantitative estimate of drug-likeness (QED) is 0.494. The third-order valence-corrected chi connectivity index (χ3v) is 7.09. The maximum Gasteiger partial charge on any atom is 0.354 e. The Bertz CT molecular complexity index is 1070. The van der Waals surface area contributed by atoms with Crippen molar-refractivity contribution >= 4 is 43.9 Å². The van der Waals surface area contributed by atoms with Crippen LogP contribution in [0.25, 0.3) is 6.08 Å². The molecule has 0 radical (unpaired) electrons.